The molecule has 0 radical (unpaired) electrons. The third-order valence-corrected chi connectivity index (χ3v) is 5.79. The number of benzene rings is 2. The molecule has 154 valence electrons. The van der Waals surface area contributed by atoms with Crippen LogP contribution in [0.5, 0.6) is 11.5 Å². The van der Waals surface area contributed by atoms with Crippen LogP contribution in [-0.4, -0.2) is 34.5 Å². The van der Waals surface area contributed by atoms with Crippen LogP contribution in [-0.2, 0) is 15.0 Å². The van der Waals surface area contributed by atoms with Gasteiger partial charge in [-0.2, -0.15) is 0 Å². The number of hydroxylamine groups is 1. The molecule has 0 aromatic heterocycles. The largest absolute Gasteiger partial charge is 0.457 e. The Labute approximate surface area is 171 Å². The maximum atomic E-state index is 13.0. The molecule has 3 rings (SSSR count). The minimum Gasteiger partial charge on any atom is -0.457 e. The van der Waals surface area contributed by atoms with Crippen LogP contribution in [0.1, 0.15) is 51.2 Å². The Balaban J connectivity index is 1.75. The first kappa shape index (κ1) is 20.9. The number of nitrogens with one attached hydrogen (secondary N) is 1. The minimum absolute atomic E-state index is 0.119. The van der Waals surface area contributed by atoms with Crippen LogP contribution in [0, 0.1) is 0 Å². The summed E-state index contributed by atoms with van der Waals surface area (Å²) in [6, 6.07) is 14.8. The summed E-state index contributed by atoms with van der Waals surface area (Å²) in [5.41, 5.74) is 3.00. The van der Waals surface area contributed by atoms with Gasteiger partial charge in [0.15, 0.2) is 0 Å². The van der Waals surface area contributed by atoms with Gasteiger partial charge in [-0.05, 0) is 61.6 Å². The third kappa shape index (κ3) is 4.12. The SMILES string of the molecule is CC(C)c1cccc(Oc2ccc(C3(C)CCN(C(C)C(=O)NO)C3=O)cc2)c1. The quantitative estimate of drug-likeness (QED) is 0.572. The highest BCUT2D eigenvalue weighted by Crippen LogP contribution is 2.37. The normalized spacial score (nSPS) is 20.1. The van der Waals surface area contributed by atoms with Crippen molar-refractivity contribution in [2.45, 2.75) is 51.5 Å². The van der Waals surface area contributed by atoms with E-state index in [0.29, 0.717) is 24.6 Å². The lowest BCUT2D eigenvalue weighted by atomic mass is 9.81. The molecular formula is C23H28N2O4. The summed E-state index contributed by atoms with van der Waals surface area (Å²) >= 11 is 0. The molecule has 29 heavy (non-hydrogen) atoms. The summed E-state index contributed by atoms with van der Waals surface area (Å²) in [4.78, 5) is 26.2. The summed E-state index contributed by atoms with van der Waals surface area (Å²) in [6.07, 6.45) is 0.603. The number of carbonyl (C=O) groups excluding carboxylic acids is 2. The zero-order valence-electron chi connectivity index (χ0n) is 17.3. The molecule has 2 aromatic rings. The van der Waals surface area contributed by atoms with Gasteiger partial charge in [0.25, 0.3) is 5.91 Å². The lowest BCUT2D eigenvalue weighted by Gasteiger charge is -2.27. The fraction of sp³-hybridized carbons (Fsp3) is 0.391. The van der Waals surface area contributed by atoms with E-state index in [1.807, 2.05) is 49.4 Å². The van der Waals surface area contributed by atoms with Crippen LogP contribution in [0.2, 0.25) is 0 Å². The number of rotatable bonds is 6. The van der Waals surface area contributed by atoms with Gasteiger partial charge in [0.05, 0.1) is 5.41 Å². The van der Waals surface area contributed by atoms with Gasteiger partial charge in [0.1, 0.15) is 17.5 Å². The van der Waals surface area contributed by atoms with Crippen LogP contribution < -0.4 is 10.2 Å². The lowest BCUT2D eigenvalue weighted by molar-refractivity contribution is -0.143. The molecule has 1 aliphatic rings. The number of nitrogens with zero attached hydrogens (tertiary/aromatic N) is 1. The topological polar surface area (TPSA) is 78.9 Å². The molecular weight excluding hydrogens is 368 g/mol. The smallest absolute Gasteiger partial charge is 0.265 e. The average Bonchev–Trinajstić information content (AvgIpc) is 3.03. The molecule has 1 aliphatic heterocycles. The molecule has 2 unspecified atom stereocenters. The highest BCUT2D eigenvalue weighted by Gasteiger charge is 2.46. The average molecular weight is 396 g/mol. The highest BCUT2D eigenvalue weighted by atomic mass is 16.5. The van der Waals surface area contributed by atoms with Crippen LogP contribution in [0.4, 0.5) is 0 Å². The van der Waals surface area contributed by atoms with Crippen LogP contribution in [0.15, 0.2) is 48.5 Å². The number of hydrogen-bond acceptors (Lipinski definition) is 4. The zero-order valence-corrected chi connectivity index (χ0v) is 17.3. The number of amides is 2. The van der Waals surface area contributed by atoms with E-state index < -0.39 is 17.4 Å². The molecule has 0 aliphatic carbocycles. The van der Waals surface area contributed by atoms with Crippen molar-refractivity contribution in [1.82, 2.24) is 10.4 Å². The fourth-order valence-electron chi connectivity index (χ4n) is 3.71. The second-order valence-corrected chi connectivity index (χ2v) is 8.09. The fourth-order valence-corrected chi connectivity index (χ4v) is 3.71. The van der Waals surface area contributed by atoms with Crippen molar-refractivity contribution in [2.75, 3.05) is 6.54 Å². The van der Waals surface area contributed by atoms with Crippen LogP contribution in [0.3, 0.4) is 0 Å². The molecule has 2 atom stereocenters. The first-order valence-electron chi connectivity index (χ1n) is 9.89. The van der Waals surface area contributed by atoms with E-state index >= 15 is 0 Å². The molecule has 0 spiro atoms. The summed E-state index contributed by atoms with van der Waals surface area (Å²) in [5.74, 6) is 1.20. The molecule has 1 heterocycles. The van der Waals surface area contributed by atoms with Gasteiger partial charge in [0, 0.05) is 6.54 Å². The standard InChI is InChI=1S/C23H28N2O4/c1-15(2)17-6-5-7-20(14-17)29-19-10-8-18(9-11-19)23(4)12-13-25(22(23)27)16(3)21(26)24-28/h5-11,14-16,28H,12-13H2,1-4H3,(H,24,26). The van der Waals surface area contributed by atoms with Gasteiger partial charge >= 0.3 is 0 Å². The number of carbonyl (C=O) groups is 2. The molecule has 2 amide bonds. The Kier molecular flexibility index (Phi) is 5.94. The lowest BCUT2D eigenvalue weighted by Crippen LogP contribution is -2.47. The first-order valence-corrected chi connectivity index (χ1v) is 9.89. The summed E-state index contributed by atoms with van der Waals surface area (Å²) in [7, 11) is 0. The van der Waals surface area contributed by atoms with Crippen molar-refractivity contribution >= 4 is 11.8 Å². The van der Waals surface area contributed by atoms with Crippen molar-refractivity contribution in [3.63, 3.8) is 0 Å². The molecule has 1 saturated heterocycles. The summed E-state index contributed by atoms with van der Waals surface area (Å²) < 4.78 is 5.98. The molecule has 0 bridgehead atoms. The number of hydrogen-bond donors (Lipinski definition) is 2. The molecule has 2 aromatic carbocycles. The molecule has 0 saturated carbocycles. The van der Waals surface area contributed by atoms with E-state index in [9.17, 15) is 9.59 Å². The first-order chi connectivity index (χ1) is 13.8. The minimum atomic E-state index is -0.717. The maximum absolute atomic E-state index is 13.0. The van der Waals surface area contributed by atoms with E-state index in [0.717, 1.165) is 11.3 Å². The van der Waals surface area contributed by atoms with E-state index in [1.54, 1.807) is 12.4 Å². The number of likely N-dealkylation sites (tertiary alicyclic amines) is 1. The molecule has 6 nitrogen and oxygen atoms in total. The van der Waals surface area contributed by atoms with Crippen molar-refractivity contribution in [1.29, 1.82) is 0 Å². The molecule has 1 fully saturated rings. The van der Waals surface area contributed by atoms with Gasteiger partial charge < -0.3 is 9.64 Å². The molecule has 6 heteroatoms. The van der Waals surface area contributed by atoms with Gasteiger partial charge in [0.2, 0.25) is 5.91 Å². The summed E-state index contributed by atoms with van der Waals surface area (Å²) in [5, 5.41) is 8.85. The van der Waals surface area contributed by atoms with Crippen molar-refractivity contribution < 1.29 is 19.5 Å². The van der Waals surface area contributed by atoms with E-state index in [1.165, 1.54) is 10.5 Å². The van der Waals surface area contributed by atoms with Gasteiger partial charge in [-0.25, -0.2) is 5.48 Å². The second-order valence-electron chi connectivity index (χ2n) is 8.09. The maximum Gasteiger partial charge on any atom is 0.265 e. The van der Waals surface area contributed by atoms with Gasteiger partial charge in [-0.1, -0.05) is 38.1 Å². The van der Waals surface area contributed by atoms with Crippen LogP contribution in [0.25, 0.3) is 0 Å². The zero-order chi connectivity index (χ0) is 21.2. The van der Waals surface area contributed by atoms with Gasteiger partial charge in [-0.3, -0.25) is 14.8 Å². The highest BCUT2D eigenvalue weighted by molar-refractivity contribution is 5.94. The Morgan fingerprint density at radius 2 is 1.83 bits per heavy atom. The van der Waals surface area contributed by atoms with E-state index in [-0.39, 0.29) is 5.91 Å². The van der Waals surface area contributed by atoms with E-state index in [4.69, 9.17) is 9.94 Å². The number of ether oxygens (including phenoxy) is 1. The Morgan fingerprint density at radius 1 is 1.14 bits per heavy atom. The third-order valence-electron chi connectivity index (χ3n) is 5.79. The Bertz CT molecular complexity index is 894. The predicted octanol–water partition coefficient (Wildman–Crippen LogP) is 3.99. The Morgan fingerprint density at radius 3 is 2.45 bits per heavy atom. The molecule has 2 N–H and O–H groups in total. The Hall–Kier alpha value is -2.86. The van der Waals surface area contributed by atoms with Crippen molar-refractivity contribution in [3.05, 3.63) is 59.7 Å². The summed E-state index contributed by atoms with van der Waals surface area (Å²) in [6.45, 7) is 8.24. The van der Waals surface area contributed by atoms with Gasteiger partial charge in [-0.15, -0.1) is 0 Å². The van der Waals surface area contributed by atoms with Crippen molar-refractivity contribution in [2.24, 2.45) is 0 Å². The van der Waals surface area contributed by atoms with Crippen molar-refractivity contribution in [3.8, 4) is 11.5 Å². The van der Waals surface area contributed by atoms with Crippen LogP contribution >= 0.6 is 0 Å². The van der Waals surface area contributed by atoms with E-state index in [2.05, 4.69) is 19.9 Å². The predicted molar refractivity (Wildman–Crippen MR) is 110 cm³/mol. The second kappa shape index (κ2) is 8.25. The monoisotopic (exact) mass is 396 g/mol.